The number of aromatic amines is 1. The summed E-state index contributed by atoms with van der Waals surface area (Å²) in [6.45, 7) is 44.3. The van der Waals surface area contributed by atoms with Crippen molar-refractivity contribution in [2.24, 2.45) is 41.1 Å². The van der Waals surface area contributed by atoms with Crippen LogP contribution in [0.25, 0.3) is 10.4 Å². The molecule has 4 saturated heterocycles. The Bertz CT molecular complexity index is 3770. The molecule has 0 spiro atoms. The van der Waals surface area contributed by atoms with Crippen LogP contribution >= 0.6 is 64.8 Å². The topological polar surface area (TPSA) is 444 Å². The number of azide groups is 1. The minimum Gasteiger partial charge on any atom is -1.00 e. The van der Waals surface area contributed by atoms with E-state index in [4.69, 9.17) is 55.2 Å². The summed E-state index contributed by atoms with van der Waals surface area (Å²) in [5.41, 5.74) is 12.1. The molecule has 7 N–H and O–H groups in total. The number of nitrogens with zero attached hydrogens (tertiary/aromatic N) is 20. The second kappa shape index (κ2) is 122. The molecule has 4 aliphatic rings. The number of ether oxygens (including phenoxy) is 1. The first-order chi connectivity index (χ1) is 60.7. The van der Waals surface area contributed by atoms with Gasteiger partial charge in [0.25, 0.3) is 6.47 Å². The number of benzene rings is 4. The minimum absolute atomic E-state index is 0. The van der Waals surface area contributed by atoms with E-state index in [2.05, 4.69) is 341 Å². The maximum Gasteiger partial charge on any atom is 2.00 e. The largest absolute Gasteiger partial charge is 2.00 e. The van der Waals surface area contributed by atoms with Crippen LogP contribution in [0, 0.1) is 81.8 Å². The van der Waals surface area contributed by atoms with E-state index in [1.54, 1.807) is 37.1 Å². The Labute approximate surface area is 1020 Å². The third-order valence-electron chi connectivity index (χ3n) is 17.5. The molecule has 3 aromatic heterocycles. The quantitative estimate of drug-likeness (QED) is 0.00586. The summed E-state index contributed by atoms with van der Waals surface area (Å²) < 4.78 is 20.9. The van der Waals surface area contributed by atoms with Gasteiger partial charge in [-0.25, -0.2) is 8.89 Å². The number of hydrogen-bond acceptors (Lipinski definition) is 26. The number of piperidine rings is 4. The van der Waals surface area contributed by atoms with Gasteiger partial charge in [-0.3, -0.25) is 44.7 Å². The molecule has 778 valence electrons. The van der Waals surface area contributed by atoms with Crippen LogP contribution in [0.4, 0.5) is 0 Å². The van der Waals surface area contributed by atoms with E-state index >= 15 is 0 Å². The third-order valence-corrected chi connectivity index (χ3v) is 19.5. The Hall–Kier alpha value is 0.977. The molecular formula is C87H152Br3Cl3N21Na2O12SSnW7-5. The number of likely N-dealkylation sites (tertiary alicyclic amines) is 4. The Kier molecular flexibility index (Phi) is 163. The molecule has 0 amide bonds. The number of carbonyl (C=O) groups is 1. The summed E-state index contributed by atoms with van der Waals surface area (Å²) in [6, 6.07) is 44.1. The molecule has 11 rings (SSSR count). The fourth-order valence-corrected chi connectivity index (χ4v) is 13.6. The van der Waals surface area contributed by atoms with Crippen molar-refractivity contribution in [2.45, 2.75) is 173 Å². The smallest absolute Gasteiger partial charge is 1.00 e. The maximum atomic E-state index is 9.56. The molecule has 0 radical (unpaired) electrons. The number of H-pyrrole nitrogens is 1. The number of hydrogen-bond donors (Lipinski definition) is 7. The van der Waals surface area contributed by atoms with Gasteiger partial charge in [-0.15, -0.1) is 25.5 Å². The molecule has 4 aliphatic heterocycles. The average Bonchev–Trinajstić information content (AvgIpc) is 1.59. The fourth-order valence-electron chi connectivity index (χ4n) is 12.9. The molecule has 50 heteroatoms. The number of aryl methyl sites for hydroxylation is 2. The van der Waals surface area contributed by atoms with E-state index < -0.39 is 27.9 Å². The number of aliphatic hydroxyl groups excluding tert-OH is 6. The summed E-state index contributed by atoms with van der Waals surface area (Å²) in [7, 11) is 31.0. The molecule has 33 nitrogen and oxygen atoms in total. The molecule has 8 atom stereocenters. The van der Waals surface area contributed by atoms with Gasteiger partial charge in [0.05, 0.1) is 34.8 Å². The van der Waals surface area contributed by atoms with Crippen molar-refractivity contribution in [3.05, 3.63) is 218 Å². The Morgan fingerprint density at radius 2 is 0.912 bits per heavy atom. The summed E-state index contributed by atoms with van der Waals surface area (Å²) in [6.07, 6.45) is 6.35. The van der Waals surface area contributed by atoms with Gasteiger partial charge >= 0.3 is 148 Å². The van der Waals surface area contributed by atoms with Gasteiger partial charge in [-0.05, 0) is 174 Å². The van der Waals surface area contributed by atoms with Gasteiger partial charge in [-0.1, -0.05) is 234 Å². The first kappa shape index (κ1) is 183. The van der Waals surface area contributed by atoms with Crippen molar-refractivity contribution in [3.8, 4) is 6.07 Å². The predicted molar refractivity (Wildman–Crippen MR) is 525 cm³/mol. The van der Waals surface area contributed by atoms with E-state index in [1.165, 1.54) is 16.7 Å². The van der Waals surface area contributed by atoms with Crippen molar-refractivity contribution >= 4 is 112 Å². The van der Waals surface area contributed by atoms with Gasteiger partial charge < -0.3 is 132 Å². The van der Waals surface area contributed by atoms with Crippen LogP contribution in [0.15, 0.2) is 125 Å². The second-order valence-electron chi connectivity index (χ2n) is 26.9. The second-order valence-corrected chi connectivity index (χ2v) is 42.6. The summed E-state index contributed by atoms with van der Waals surface area (Å²) in [5.74, 6) is 10.2. The number of alkyl halides is 1. The first-order valence-electron chi connectivity index (χ1n) is 41.2. The molecule has 0 bridgehead atoms. The van der Waals surface area contributed by atoms with Gasteiger partial charge in [0.15, 0.2) is 17.5 Å². The van der Waals surface area contributed by atoms with Crippen LogP contribution in [0.5, 0.6) is 0 Å². The van der Waals surface area contributed by atoms with E-state index in [0.717, 1.165) is 101 Å². The molecule has 0 saturated carbocycles. The zero-order valence-electron chi connectivity index (χ0n) is 85.7. The average molecular weight is 3510 g/mol. The Balaban J connectivity index is -0.0000000628. The van der Waals surface area contributed by atoms with Gasteiger partial charge in [-0.2, -0.15) is 15.3 Å². The molecule has 0 aliphatic carbocycles. The minimum atomic E-state index is -2.07. The first-order valence-corrected chi connectivity index (χ1v) is 56.7. The zero-order chi connectivity index (χ0) is 100. The molecule has 8 unspecified atom stereocenters. The van der Waals surface area contributed by atoms with Crippen LogP contribution in [-0.2, 0) is 212 Å². The van der Waals surface area contributed by atoms with Crippen LogP contribution in [0.2, 0.25) is 14.8 Å². The van der Waals surface area contributed by atoms with Crippen molar-refractivity contribution in [3.63, 3.8) is 0 Å². The monoisotopic (exact) mass is 3510 g/mol. The third kappa shape index (κ3) is 79.7. The molecule has 137 heavy (non-hydrogen) atoms. The zero-order valence-corrected chi connectivity index (χ0v) is 120. The van der Waals surface area contributed by atoms with E-state index in [9.17, 15) is 5.26 Å². The molecule has 7 aromatic rings. The summed E-state index contributed by atoms with van der Waals surface area (Å²) >= 11 is 7.86. The van der Waals surface area contributed by atoms with E-state index in [1.807, 2.05) is 125 Å². The number of halogens is 6. The van der Waals surface area contributed by atoms with Gasteiger partial charge in [0.2, 0.25) is 9.23 Å². The maximum absolute atomic E-state index is 9.56. The van der Waals surface area contributed by atoms with Crippen molar-refractivity contribution in [1.82, 2.24) is 80.6 Å². The number of tetrazole rings is 3. The summed E-state index contributed by atoms with van der Waals surface area (Å²) in [4.78, 5) is 38.4. The SMILES string of the molecule is CC.CC.CC.CC.CCO.CCO.CCO.CCO.O=CO[O-].O=S(Cl)Cl.O=[C-]O.OCCl.[Br-].[CH2-]Br.[CH2-]Br.[CH2-]CO[C-]=[N+](C)C.[CH2-]N1CCC(C#N)(c2ccccc2)C(C)C1.[CH2-]N1CCC(c2ccccc2)(c2nn[nH]n2)C(C)C1.[CH2-]N1CCC(c2ccccc2)(c2nnn(C)n2)C(C)C1.[CH2-]N1CCC(c2ccccc2)(c2nnnn2C)C(C)C1.[CH3][Sn]([CH3])([CH3])[N]=[N+]=[N-].[H-].[Na+].[Na+].[W+2].[W+2].[W].[W].[W].[W].[W]. The molecular weight excluding hydrogens is 3360 g/mol. The predicted octanol–water partition coefficient (Wildman–Crippen LogP) is 6.42. The number of rotatable bonds is 11. The number of aromatic nitrogens is 12. The van der Waals surface area contributed by atoms with Crippen molar-refractivity contribution in [1.29, 1.82) is 5.26 Å². The number of aliphatic hydroxyl groups is 5. The van der Waals surface area contributed by atoms with Crippen molar-refractivity contribution < 1.29 is 289 Å². The fraction of sp³-hybridized carbons (Fsp3) is 0.563. The molecule has 4 fully saturated rings. The number of nitriles is 1. The van der Waals surface area contributed by atoms with Gasteiger partial charge in [0.1, 0.15) is 20.2 Å². The molecule has 4 aromatic carbocycles. The van der Waals surface area contributed by atoms with E-state index in [-0.39, 0.29) is 286 Å². The van der Waals surface area contributed by atoms with Gasteiger partial charge in [0, 0.05) is 160 Å². The van der Waals surface area contributed by atoms with Crippen LogP contribution < -0.4 is 81.4 Å². The van der Waals surface area contributed by atoms with Crippen molar-refractivity contribution in [2.75, 3.05) is 106 Å². The standard InChI is InChI=1S/2C15H20N5.C14H18N5.C14H17N2.C5H10NO.4C2H6O.4C2H6.2CH2Br.CH3ClO.CH2O3.CHO2.3CH3.BrH.Cl2OS.N3.2Na.Sn.7W.H/c1-12-11-19(2)10-9-15(12,13-7-5-4-6-8-13)14-16-17-18-20(14)3;1-12-11-19(2)10-9-15(12,13-7-5-4-6-8-13)14-16-18-20(3)17-14;1-11-10-19(2)9-8-14(11,13-15-17-18-16-13)12-6-4-3-5-7-12;1-12-10-16(2)9-8-14(12,11-15)13-6-4-3-5-7-13;1-4-7-5-6(2)3;4*1-2-3;6*1-2;2-1-3;2-1-4-3;2-1-3;;;;;1-4(2)3;1-3-2;;;;;;;;;;;/h2*4-8,12H,2,9-11H2,1,3H3;3-7,11H,2,8-10H2,1H3,(H,15,16,17,18);3-7,12H,2,8-10H2,1H3;1,4H2,2-3H3;4*3H,2H2,1H3;4*1-2H3;2*1H2;3H,1H2;1,3H;(H,2,3);3*1H3;1H;;;;;;;;;;;;;/q5*-1;;;;;;;;;2*-1;;;-1;;;;;;-1;3*+1;;;;;;2*+2;-1/p-2. The summed E-state index contributed by atoms with van der Waals surface area (Å²) in [5, 5.41) is 102. The van der Waals surface area contributed by atoms with Crippen LogP contribution in [0.3, 0.4) is 0 Å². The van der Waals surface area contributed by atoms with Crippen LogP contribution in [-0.4, -0.2) is 264 Å². The Morgan fingerprint density at radius 3 is 1.12 bits per heavy atom. The number of carbonyl (C=O) groups excluding carboxylic acids is 1. The normalized spacial score (nSPS) is 18.0. The Morgan fingerprint density at radius 1 is 0.628 bits per heavy atom. The number of nitrogens with one attached hydrogen (secondary N) is 1. The van der Waals surface area contributed by atoms with Crippen LogP contribution in [0.1, 0.15) is 178 Å². The molecule has 7 heterocycles. The van der Waals surface area contributed by atoms with E-state index in [0.29, 0.717) is 36.8 Å².